The first kappa shape index (κ1) is 14.9. The molecule has 0 bridgehead atoms. The molecule has 2 nitrogen and oxygen atoms in total. The van der Waals surface area contributed by atoms with Gasteiger partial charge in [0.2, 0.25) is 0 Å². The molecule has 0 aliphatic carbocycles. The number of benzene rings is 1. The monoisotopic (exact) mass is 328 g/mol. The van der Waals surface area contributed by atoms with E-state index in [-0.39, 0.29) is 11.9 Å². The summed E-state index contributed by atoms with van der Waals surface area (Å²) in [7, 11) is 0. The second-order valence-electron chi connectivity index (χ2n) is 5.23. The van der Waals surface area contributed by atoms with Gasteiger partial charge in [-0.1, -0.05) is 25.3 Å². The summed E-state index contributed by atoms with van der Waals surface area (Å²) in [6.45, 7) is 2.77. The summed E-state index contributed by atoms with van der Waals surface area (Å²) in [6.07, 6.45) is 6.43. The largest absolute Gasteiger partial charge is 0.329 e. The van der Waals surface area contributed by atoms with E-state index in [0.717, 1.165) is 18.7 Å². The maximum atomic E-state index is 13.3. The minimum atomic E-state index is -0.216. The lowest BCUT2D eigenvalue weighted by Crippen LogP contribution is -2.36. The highest BCUT2D eigenvalue weighted by atomic mass is 79.9. The molecular weight excluding hydrogens is 307 g/mol. The number of rotatable bonds is 3. The van der Waals surface area contributed by atoms with Crippen LogP contribution in [0.5, 0.6) is 0 Å². The van der Waals surface area contributed by atoms with Crippen LogP contribution in [0.4, 0.5) is 4.39 Å². The number of likely N-dealkylation sites (tertiary alicyclic amines) is 1. The predicted molar refractivity (Wildman–Crippen MR) is 80.6 cm³/mol. The van der Waals surface area contributed by atoms with Crippen molar-refractivity contribution in [1.82, 2.24) is 4.90 Å². The molecule has 1 atom stereocenters. The zero-order valence-electron chi connectivity index (χ0n) is 11.2. The summed E-state index contributed by atoms with van der Waals surface area (Å²) < 4.78 is 13.9. The average Bonchev–Trinajstić information content (AvgIpc) is 2.36. The Labute approximate surface area is 123 Å². The molecule has 2 rings (SSSR count). The van der Waals surface area contributed by atoms with Crippen molar-refractivity contribution in [3.63, 3.8) is 0 Å². The van der Waals surface area contributed by atoms with Gasteiger partial charge in [-0.25, -0.2) is 4.39 Å². The fourth-order valence-electron chi connectivity index (χ4n) is 2.80. The summed E-state index contributed by atoms with van der Waals surface area (Å²) in [6, 6.07) is 5.45. The van der Waals surface area contributed by atoms with Gasteiger partial charge in [0.25, 0.3) is 0 Å². The summed E-state index contributed by atoms with van der Waals surface area (Å²) in [5.74, 6) is -0.216. The lowest BCUT2D eigenvalue weighted by Gasteiger charge is -2.32. The van der Waals surface area contributed by atoms with Crippen molar-refractivity contribution >= 4 is 15.9 Å². The van der Waals surface area contributed by atoms with Gasteiger partial charge in [0.1, 0.15) is 5.82 Å². The molecule has 1 heterocycles. The van der Waals surface area contributed by atoms with Gasteiger partial charge in [-0.05, 0) is 59.6 Å². The Hall–Kier alpha value is -0.450. The van der Waals surface area contributed by atoms with Crippen molar-refractivity contribution in [2.75, 3.05) is 19.6 Å². The number of hydrogen-bond acceptors (Lipinski definition) is 2. The highest BCUT2D eigenvalue weighted by Gasteiger charge is 2.20. The number of halogens is 2. The van der Waals surface area contributed by atoms with E-state index in [1.807, 2.05) is 12.1 Å². The van der Waals surface area contributed by atoms with E-state index in [4.69, 9.17) is 5.73 Å². The summed E-state index contributed by atoms with van der Waals surface area (Å²) >= 11 is 3.26. The molecule has 1 aromatic rings. The van der Waals surface area contributed by atoms with Crippen LogP contribution in [0.2, 0.25) is 0 Å². The number of nitrogens with two attached hydrogens (primary N) is 1. The van der Waals surface area contributed by atoms with Crippen LogP contribution in [0.25, 0.3) is 0 Å². The van der Waals surface area contributed by atoms with E-state index in [0.29, 0.717) is 11.0 Å². The van der Waals surface area contributed by atoms with Crippen molar-refractivity contribution in [3.05, 3.63) is 34.1 Å². The third-order valence-electron chi connectivity index (χ3n) is 3.88. The Morgan fingerprint density at radius 1 is 1.16 bits per heavy atom. The highest BCUT2D eigenvalue weighted by Crippen LogP contribution is 2.26. The maximum absolute atomic E-state index is 13.3. The predicted octanol–water partition coefficient (Wildman–Crippen LogP) is 3.85. The molecule has 0 saturated carbocycles. The number of hydrogen-bond donors (Lipinski definition) is 1. The van der Waals surface area contributed by atoms with Crippen LogP contribution in [-0.4, -0.2) is 24.5 Å². The molecule has 4 heteroatoms. The van der Waals surface area contributed by atoms with Crippen LogP contribution in [0.15, 0.2) is 22.7 Å². The molecule has 0 radical (unpaired) electrons. The van der Waals surface area contributed by atoms with Gasteiger partial charge in [-0.3, -0.25) is 4.90 Å². The lowest BCUT2D eigenvalue weighted by atomic mass is 10.0. The minimum absolute atomic E-state index is 0.204. The van der Waals surface area contributed by atoms with Gasteiger partial charge in [0, 0.05) is 12.6 Å². The SMILES string of the molecule is NCC(c1ccc(F)c(Br)c1)N1CCCCCCC1. The van der Waals surface area contributed by atoms with E-state index < -0.39 is 0 Å². The third-order valence-corrected chi connectivity index (χ3v) is 4.49. The molecule has 19 heavy (non-hydrogen) atoms. The molecule has 1 saturated heterocycles. The average molecular weight is 329 g/mol. The van der Waals surface area contributed by atoms with Crippen LogP contribution < -0.4 is 5.73 Å². The van der Waals surface area contributed by atoms with Gasteiger partial charge in [0.15, 0.2) is 0 Å². The Morgan fingerprint density at radius 3 is 2.37 bits per heavy atom. The molecule has 1 unspecified atom stereocenters. The Bertz CT molecular complexity index is 403. The molecule has 106 valence electrons. The van der Waals surface area contributed by atoms with E-state index in [1.165, 1.54) is 38.2 Å². The molecule has 2 N–H and O–H groups in total. The Kier molecular flexibility index (Phi) is 5.79. The van der Waals surface area contributed by atoms with Crippen LogP contribution in [0, 0.1) is 5.82 Å². The first-order chi connectivity index (χ1) is 9.22. The van der Waals surface area contributed by atoms with Crippen molar-refractivity contribution < 1.29 is 4.39 Å². The molecular formula is C15H22BrFN2. The first-order valence-corrected chi connectivity index (χ1v) is 7.90. The second kappa shape index (κ2) is 7.36. The fourth-order valence-corrected chi connectivity index (χ4v) is 3.20. The first-order valence-electron chi connectivity index (χ1n) is 7.11. The van der Waals surface area contributed by atoms with Crippen LogP contribution >= 0.6 is 15.9 Å². The van der Waals surface area contributed by atoms with Gasteiger partial charge in [-0.15, -0.1) is 0 Å². The molecule has 1 aromatic carbocycles. The maximum Gasteiger partial charge on any atom is 0.137 e. The fraction of sp³-hybridized carbons (Fsp3) is 0.600. The minimum Gasteiger partial charge on any atom is -0.329 e. The van der Waals surface area contributed by atoms with Crippen LogP contribution in [0.1, 0.15) is 43.7 Å². The third kappa shape index (κ3) is 4.01. The standard InChI is InChI=1S/C15H22BrFN2/c16-13-10-12(6-7-14(13)17)15(11-18)19-8-4-2-1-3-5-9-19/h6-7,10,15H,1-5,8-9,11,18H2. The smallest absolute Gasteiger partial charge is 0.137 e. The van der Waals surface area contributed by atoms with Crippen LogP contribution in [-0.2, 0) is 0 Å². The van der Waals surface area contributed by atoms with Gasteiger partial charge in [-0.2, -0.15) is 0 Å². The molecule has 0 spiro atoms. The van der Waals surface area contributed by atoms with Crippen molar-refractivity contribution in [2.24, 2.45) is 5.73 Å². The summed E-state index contributed by atoms with van der Waals surface area (Å²) in [4.78, 5) is 2.46. The number of nitrogens with zero attached hydrogens (tertiary/aromatic N) is 1. The van der Waals surface area contributed by atoms with Crippen molar-refractivity contribution in [3.8, 4) is 0 Å². The van der Waals surface area contributed by atoms with Gasteiger partial charge in [0.05, 0.1) is 4.47 Å². The zero-order chi connectivity index (χ0) is 13.7. The second-order valence-corrected chi connectivity index (χ2v) is 6.08. The zero-order valence-corrected chi connectivity index (χ0v) is 12.8. The van der Waals surface area contributed by atoms with Crippen molar-refractivity contribution in [1.29, 1.82) is 0 Å². The van der Waals surface area contributed by atoms with Crippen LogP contribution in [0.3, 0.4) is 0 Å². The van der Waals surface area contributed by atoms with Gasteiger partial charge >= 0.3 is 0 Å². The Morgan fingerprint density at radius 2 is 1.79 bits per heavy atom. The van der Waals surface area contributed by atoms with E-state index >= 15 is 0 Å². The van der Waals surface area contributed by atoms with Gasteiger partial charge < -0.3 is 5.73 Å². The molecule has 1 aliphatic heterocycles. The molecule has 1 aliphatic rings. The van der Waals surface area contributed by atoms with E-state index in [1.54, 1.807) is 0 Å². The quantitative estimate of drug-likeness (QED) is 0.913. The summed E-state index contributed by atoms with van der Waals surface area (Å²) in [5.41, 5.74) is 7.07. The highest BCUT2D eigenvalue weighted by molar-refractivity contribution is 9.10. The molecule has 1 fully saturated rings. The summed E-state index contributed by atoms with van der Waals surface area (Å²) in [5, 5.41) is 0. The van der Waals surface area contributed by atoms with Crippen molar-refractivity contribution in [2.45, 2.75) is 38.1 Å². The van der Waals surface area contributed by atoms with E-state index in [9.17, 15) is 4.39 Å². The topological polar surface area (TPSA) is 29.3 Å². The molecule has 0 amide bonds. The normalized spacial score (nSPS) is 19.7. The Balaban J connectivity index is 2.14. The van der Waals surface area contributed by atoms with E-state index in [2.05, 4.69) is 20.8 Å². The lowest BCUT2D eigenvalue weighted by molar-refractivity contribution is 0.183. The molecule has 0 aromatic heterocycles.